The molecular formula is C40H42ClIN2O5Si. The molecule has 0 aliphatic carbocycles. The fourth-order valence-electron chi connectivity index (χ4n) is 8.75. The fourth-order valence-corrected chi connectivity index (χ4v) is 13.3. The van der Waals surface area contributed by atoms with Gasteiger partial charge in [-0.15, -0.1) is 0 Å². The summed E-state index contributed by atoms with van der Waals surface area (Å²) < 4.78 is 13.8. The SMILES string of the molecule is COc1ccc([Si](C)(C)[C@@H]2[C@@H](CC(=O)N3Cc4ccccc4C[C@H]3CO)O[C@]3(C(=O)N(Cc4ccc(I)cc4)c4ccc(Cl)cc43)[C@H]2C)cc1. The van der Waals surface area contributed by atoms with Crippen LogP contribution in [0.4, 0.5) is 5.69 Å². The predicted octanol–water partition coefficient (Wildman–Crippen LogP) is 7.05. The fraction of sp³-hybridized carbons (Fsp3) is 0.350. The first-order valence-corrected chi connectivity index (χ1v) is 21.7. The molecule has 4 aromatic rings. The van der Waals surface area contributed by atoms with Crippen molar-refractivity contribution in [3.8, 4) is 5.75 Å². The second kappa shape index (κ2) is 13.7. The summed E-state index contributed by atoms with van der Waals surface area (Å²) in [4.78, 5) is 33.2. The van der Waals surface area contributed by atoms with Gasteiger partial charge in [0.2, 0.25) is 5.91 Å². The minimum atomic E-state index is -2.47. The molecule has 7 rings (SSSR count). The average Bonchev–Trinajstić information content (AvgIpc) is 3.54. The van der Waals surface area contributed by atoms with Gasteiger partial charge < -0.3 is 24.4 Å². The lowest BCUT2D eigenvalue weighted by atomic mass is 9.82. The van der Waals surface area contributed by atoms with Gasteiger partial charge in [0.1, 0.15) is 5.75 Å². The smallest absolute Gasteiger partial charge is 0.264 e. The molecule has 0 aromatic heterocycles. The van der Waals surface area contributed by atoms with E-state index in [9.17, 15) is 9.90 Å². The van der Waals surface area contributed by atoms with Crippen molar-refractivity contribution >= 4 is 65.0 Å². The standard InChI is InChI=1S/C40H42ClIN2O5Si/c1-25-38(50(3,4)33-16-14-32(48-2)15-17-33)36(21-37(46)43-23-28-8-6-5-7-27(28)19-31(43)24-45)49-40(25)34-20-29(41)11-18-35(34)44(39(40)47)22-26-9-12-30(42)13-10-26/h5-18,20,25,31,36,38,45H,19,21-24H2,1-4H3/t25-,31-,36+,38-,40+/m0/s1. The number of benzene rings is 4. The molecule has 1 saturated heterocycles. The van der Waals surface area contributed by atoms with E-state index in [-0.39, 0.29) is 42.3 Å². The summed E-state index contributed by atoms with van der Waals surface area (Å²) in [5.41, 5.74) is 3.37. The molecule has 10 heteroatoms. The van der Waals surface area contributed by atoms with Gasteiger partial charge in [-0.2, -0.15) is 0 Å². The van der Waals surface area contributed by atoms with Gasteiger partial charge in [0.25, 0.3) is 5.91 Å². The summed E-state index contributed by atoms with van der Waals surface area (Å²) in [5, 5.41) is 12.1. The highest BCUT2D eigenvalue weighted by molar-refractivity contribution is 14.1. The first-order chi connectivity index (χ1) is 24.0. The molecule has 1 fully saturated rings. The van der Waals surface area contributed by atoms with Gasteiger partial charge >= 0.3 is 0 Å². The quantitative estimate of drug-likeness (QED) is 0.152. The van der Waals surface area contributed by atoms with Gasteiger partial charge in [-0.3, -0.25) is 9.59 Å². The van der Waals surface area contributed by atoms with E-state index in [1.54, 1.807) is 7.11 Å². The summed E-state index contributed by atoms with van der Waals surface area (Å²) in [6, 6.07) is 29.8. The van der Waals surface area contributed by atoms with Crippen molar-refractivity contribution in [1.82, 2.24) is 4.90 Å². The topological polar surface area (TPSA) is 79.3 Å². The molecule has 50 heavy (non-hydrogen) atoms. The molecule has 5 atom stereocenters. The van der Waals surface area contributed by atoms with Crippen LogP contribution in [0.1, 0.15) is 35.6 Å². The van der Waals surface area contributed by atoms with Crippen LogP contribution < -0.4 is 14.8 Å². The van der Waals surface area contributed by atoms with E-state index >= 15 is 4.79 Å². The second-order valence-corrected chi connectivity index (χ2v) is 20.7. The van der Waals surface area contributed by atoms with E-state index in [1.165, 1.54) is 5.19 Å². The first kappa shape index (κ1) is 35.2. The minimum absolute atomic E-state index is 0.0788. The van der Waals surface area contributed by atoms with Gasteiger partial charge in [0.15, 0.2) is 5.60 Å². The summed E-state index contributed by atoms with van der Waals surface area (Å²) >= 11 is 8.96. The van der Waals surface area contributed by atoms with Crippen LogP contribution in [0.2, 0.25) is 23.7 Å². The lowest BCUT2D eigenvalue weighted by Crippen LogP contribution is -2.52. The number of ether oxygens (including phenoxy) is 2. The zero-order chi connectivity index (χ0) is 35.4. The Morgan fingerprint density at radius 3 is 2.42 bits per heavy atom. The summed E-state index contributed by atoms with van der Waals surface area (Å²) in [5.74, 6) is 0.301. The highest BCUT2D eigenvalue weighted by Gasteiger charge is 2.66. The van der Waals surface area contributed by atoms with E-state index in [0.29, 0.717) is 24.5 Å². The van der Waals surface area contributed by atoms with Gasteiger partial charge in [0, 0.05) is 26.6 Å². The number of carbonyl (C=O) groups excluding carboxylic acids is 2. The molecule has 1 N–H and O–H groups in total. The third kappa shape index (κ3) is 5.98. The molecule has 3 aliphatic heterocycles. The Kier molecular flexibility index (Phi) is 9.66. The summed E-state index contributed by atoms with van der Waals surface area (Å²) in [7, 11) is -0.816. The number of fused-ring (bicyclic) bond motifs is 3. The normalized spacial score (nSPS) is 24.4. The molecule has 3 aliphatic rings. The lowest BCUT2D eigenvalue weighted by Gasteiger charge is -2.39. The number of nitrogens with zero attached hydrogens (tertiary/aromatic N) is 2. The number of rotatable bonds is 8. The van der Waals surface area contributed by atoms with Crippen molar-refractivity contribution in [3.05, 3.63) is 122 Å². The van der Waals surface area contributed by atoms with Gasteiger partial charge in [-0.25, -0.2) is 0 Å². The largest absolute Gasteiger partial charge is 0.497 e. The molecule has 1 spiro atoms. The third-order valence-corrected chi connectivity index (χ3v) is 16.6. The molecule has 0 bridgehead atoms. The predicted molar refractivity (Wildman–Crippen MR) is 208 cm³/mol. The van der Waals surface area contributed by atoms with Gasteiger partial charge in [0.05, 0.1) is 52.6 Å². The molecule has 0 unspecified atom stereocenters. The third-order valence-electron chi connectivity index (χ3n) is 11.3. The van der Waals surface area contributed by atoms with Crippen molar-refractivity contribution in [2.75, 3.05) is 18.6 Å². The molecule has 7 nitrogen and oxygen atoms in total. The number of anilines is 1. The number of hydrogen-bond acceptors (Lipinski definition) is 5. The van der Waals surface area contributed by atoms with Crippen LogP contribution in [0.15, 0.2) is 91.0 Å². The Morgan fingerprint density at radius 1 is 1.04 bits per heavy atom. The van der Waals surface area contributed by atoms with Crippen molar-refractivity contribution in [2.24, 2.45) is 5.92 Å². The van der Waals surface area contributed by atoms with Crippen LogP contribution in [0.5, 0.6) is 5.75 Å². The maximum absolute atomic E-state index is 15.1. The van der Waals surface area contributed by atoms with E-state index in [4.69, 9.17) is 21.1 Å². The van der Waals surface area contributed by atoms with E-state index in [0.717, 1.165) is 37.3 Å². The summed E-state index contributed by atoms with van der Waals surface area (Å²) in [6.45, 7) is 7.44. The number of methoxy groups -OCH3 is 1. The van der Waals surface area contributed by atoms with Crippen molar-refractivity contribution < 1.29 is 24.2 Å². The van der Waals surface area contributed by atoms with Crippen molar-refractivity contribution in [1.29, 1.82) is 0 Å². The molecule has 3 heterocycles. The second-order valence-electron chi connectivity index (χ2n) is 14.4. The van der Waals surface area contributed by atoms with Crippen molar-refractivity contribution in [3.63, 3.8) is 0 Å². The Labute approximate surface area is 313 Å². The van der Waals surface area contributed by atoms with Crippen LogP contribution in [0.3, 0.4) is 0 Å². The zero-order valence-corrected chi connectivity index (χ0v) is 32.6. The van der Waals surface area contributed by atoms with E-state index < -0.39 is 19.8 Å². The average molecular weight is 821 g/mol. The van der Waals surface area contributed by atoms with Crippen molar-refractivity contribution in [2.45, 2.75) is 69.2 Å². The van der Waals surface area contributed by atoms with Gasteiger partial charge in [-0.05, 0) is 93.7 Å². The Hall–Kier alpha value is -3.22. The number of hydrogen-bond donors (Lipinski definition) is 1. The number of halogens is 2. The lowest BCUT2D eigenvalue weighted by molar-refractivity contribution is -0.151. The molecule has 0 saturated carbocycles. The van der Waals surface area contributed by atoms with Crippen LogP contribution in [-0.4, -0.2) is 55.8 Å². The Morgan fingerprint density at radius 2 is 1.74 bits per heavy atom. The Bertz CT molecular complexity index is 1920. The molecule has 260 valence electrons. The number of carbonyl (C=O) groups is 2. The molecule has 0 radical (unpaired) electrons. The monoisotopic (exact) mass is 820 g/mol. The highest BCUT2D eigenvalue weighted by Crippen LogP contribution is 2.60. The number of amides is 2. The highest BCUT2D eigenvalue weighted by atomic mass is 127. The van der Waals surface area contributed by atoms with Crippen LogP contribution in [-0.2, 0) is 39.4 Å². The van der Waals surface area contributed by atoms with Crippen LogP contribution in [0, 0.1) is 9.49 Å². The number of aliphatic hydroxyl groups is 1. The molecule has 4 aromatic carbocycles. The summed E-state index contributed by atoms with van der Waals surface area (Å²) in [6.07, 6.45) is 0.145. The van der Waals surface area contributed by atoms with Gasteiger partial charge in [-0.1, -0.05) is 85.3 Å². The maximum atomic E-state index is 15.1. The first-order valence-electron chi connectivity index (χ1n) is 17.1. The maximum Gasteiger partial charge on any atom is 0.264 e. The minimum Gasteiger partial charge on any atom is -0.497 e. The molecule has 2 amide bonds. The molecular weight excluding hydrogens is 779 g/mol. The van der Waals surface area contributed by atoms with Crippen LogP contribution >= 0.6 is 34.2 Å². The van der Waals surface area contributed by atoms with E-state index in [2.05, 4.69) is 66.9 Å². The van der Waals surface area contributed by atoms with Crippen LogP contribution in [0.25, 0.3) is 0 Å². The number of aliphatic hydroxyl groups excluding tert-OH is 1. The Balaban J connectivity index is 1.30. The van der Waals surface area contributed by atoms with E-state index in [1.807, 2.05) is 76.5 Å². The zero-order valence-electron chi connectivity index (χ0n) is 28.7.